The van der Waals surface area contributed by atoms with Crippen LogP contribution in [0.5, 0.6) is 5.75 Å². The number of furan rings is 1. The van der Waals surface area contributed by atoms with Crippen molar-refractivity contribution in [2.24, 2.45) is 4.99 Å². The fourth-order valence-corrected chi connectivity index (χ4v) is 2.88. The Morgan fingerprint density at radius 3 is 2.87 bits per heavy atom. The van der Waals surface area contributed by atoms with Crippen LogP contribution in [0.3, 0.4) is 0 Å². The first-order valence-electron chi connectivity index (χ1n) is 10.3. The standard InChI is InChI=1S/C22H30N6O2/c1-5-23-22(25-14-17-9-8-16(4)13-19(17)30-15(2)3)24-11-10-20-26-21(28-27-20)18-7-6-12-29-18/h6-9,12-13,15H,5,10-11,14H2,1-4H3,(H2,23,24,25)(H,26,27,28). The van der Waals surface area contributed by atoms with Gasteiger partial charge in [-0.1, -0.05) is 12.1 Å². The summed E-state index contributed by atoms with van der Waals surface area (Å²) in [4.78, 5) is 9.17. The van der Waals surface area contributed by atoms with Crippen LogP contribution < -0.4 is 15.4 Å². The van der Waals surface area contributed by atoms with Gasteiger partial charge in [-0.3, -0.25) is 5.10 Å². The number of rotatable bonds is 9. The summed E-state index contributed by atoms with van der Waals surface area (Å²) in [6, 6.07) is 9.87. The Kier molecular flexibility index (Phi) is 7.48. The number of benzene rings is 1. The zero-order chi connectivity index (χ0) is 21.3. The first kappa shape index (κ1) is 21.4. The number of ether oxygens (including phenoxy) is 1. The molecule has 3 aromatic rings. The number of aromatic amines is 1. The molecule has 1 aromatic carbocycles. The molecular weight excluding hydrogens is 380 g/mol. The van der Waals surface area contributed by atoms with Crippen LogP contribution in [0, 0.1) is 6.92 Å². The van der Waals surface area contributed by atoms with Crippen molar-refractivity contribution in [3.8, 4) is 17.3 Å². The van der Waals surface area contributed by atoms with E-state index in [9.17, 15) is 0 Å². The molecule has 3 rings (SSSR count). The third-order valence-electron chi connectivity index (χ3n) is 4.26. The lowest BCUT2D eigenvalue weighted by atomic mass is 10.1. The lowest BCUT2D eigenvalue weighted by Gasteiger charge is -2.15. The summed E-state index contributed by atoms with van der Waals surface area (Å²) < 4.78 is 11.3. The second-order valence-corrected chi connectivity index (χ2v) is 7.23. The van der Waals surface area contributed by atoms with Crippen LogP contribution >= 0.6 is 0 Å². The molecule has 0 saturated heterocycles. The molecule has 0 fully saturated rings. The van der Waals surface area contributed by atoms with Gasteiger partial charge in [0.1, 0.15) is 11.6 Å². The second kappa shape index (κ2) is 10.5. The van der Waals surface area contributed by atoms with Gasteiger partial charge >= 0.3 is 0 Å². The molecule has 3 N–H and O–H groups in total. The lowest BCUT2D eigenvalue weighted by Crippen LogP contribution is -2.38. The summed E-state index contributed by atoms with van der Waals surface area (Å²) in [5.74, 6) is 3.64. The SMILES string of the molecule is CCNC(=NCc1ccc(C)cc1OC(C)C)NCCc1nc(-c2ccco2)n[nH]1. The Labute approximate surface area is 177 Å². The summed E-state index contributed by atoms with van der Waals surface area (Å²) in [6.07, 6.45) is 2.41. The van der Waals surface area contributed by atoms with Crippen molar-refractivity contribution in [2.75, 3.05) is 13.1 Å². The fourth-order valence-electron chi connectivity index (χ4n) is 2.88. The number of aryl methyl sites for hydroxylation is 1. The quantitative estimate of drug-likeness (QED) is 0.369. The average molecular weight is 411 g/mol. The highest BCUT2D eigenvalue weighted by molar-refractivity contribution is 5.79. The van der Waals surface area contributed by atoms with E-state index in [-0.39, 0.29) is 6.10 Å². The number of guanidine groups is 1. The Morgan fingerprint density at radius 2 is 2.13 bits per heavy atom. The van der Waals surface area contributed by atoms with Crippen LogP contribution in [0.1, 0.15) is 37.7 Å². The Hall–Kier alpha value is -3.29. The molecule has 2 heterocycles. The van der Waals surface area contributed by atoms with Crippen molar-refractivity contribution in [1.29, 1.82) is 0 Å². The third-order valence-corrected chi connectivity index (χ3v) is 4.26. The van der Waals surface area contributed by atoms with E-state index in [4.69, 9.17) is 14.1 Å². The number of H-pyrrole nitrogens is 1. The minimum atomic E-state index is 0.119. The molecule has 0 atom stereocenters. The number of hydrogen-bond donors (Lipinski definition) is 3. The molecular formula is C22H30N6O2. The van der Waals surface area contributed by atoms with Gasteiger partial charge in [0.2, 0.25) is 5.82 Å². The number of aromatic nitrogens is 3. The monoisotopic (exact) mass is 410 g/mol. The molecule has 0 amide bonds. The van der Waals surface area contributed by atoms with E-state index >= 15 is 0 Å². The van der Waals surface area contributed by atoms with Crippen molar-refractivity contribution in [3.63, 3.8) is 0 Å². The van der Waals surface area contributed by atoms with Crippen LogP contribution in [0.25, 0.3) is 11.6 Å². The van der Waals surface area contributed by atoms with E-state index in [1.165, 1.54) is 5.56 Å². The van der Waals surface area contributed by atoms with Gasteiger partial charge in [0, 0.05) is 25.1 Å². The van der Waals surface area contributed by atoms with Crippen molar-refractivity contribution in [3.05, 3.63) is 53.5 Å². The van der Waals surface area contributed by atoms with E-state index < -0.39 is 0 Å². The van der Waals surface area contributed by atoms with Crippen LogP contribution in [-0.2, 0) is 13.0 Å². The molecule has 0 radical (unpaired) electrons. The third kappa shape index (κ3) is 6.10. The molecule has 0 saturated carbocycles. The van der Waals surface area contributed by atoms with E-state index in [2.05, 4.69) is 50.9 Å². The van der Waals surface area contributed by atoms with Crippen LogP contribution in [0.15, 0.2) is 46.0 Å². The van der Waals surface area contributed by atoms with E-state index in [0.29, 0.717) is 31.1 Å². The second-order valence-electron chi connectivity index (χ2n) is 7.23. The minimum Gasteiger partial charge on any atom is -0.491 e. The normalized spacial score (nSPS) is 11.7. The van der Waals surface area contributed by atoms with Gasteiger partial charge in [-0.25, -0.2) is 9.98 Å². The van der Waals surface area contributed by atoms with Gasteiger partial charge in [-0.2, -0.15) is 5.10 Å². The maximum atomic E-state index is 5.95. The maximum Gasteiger partial charge on any atom is 0.216 e. The summed E-state index contributed by atoms with van der Waals surface area (Å²) in [7, 11) is 0. The Balaban J connectivity index is 1.59. The summed E-state index contributed by atoms with van der Waals surface area (Å²) in [5.41, 5.74) is 2.23. The number of nitrogens with one attached hydrogen (secondary N) is 3. The number of nitrogens with zero attached hydrogens (tertiary/aromatic N) is 3. The summed E-state index contributed by atoms with van der Waals surface area (Å²) >= 11 is 0. The van der Waals surface area contributed by atoms with Gasteiger partial charge in [0.15, 0.2) is 11.7 Å². The van der Waals surface area contributed by atoms with Crippen molar-refractivity contribution in [1.82, 2.24) is 25.8 Å². The molecule has 2 aromatic heterocycles. The zero-order valence-electron chi connectivity index (χ0n) is 18.0. The first-order chi connectivity index (χ1) is 14.5. The van der Waals surface area contributed by atoms with E-state index in [0.717, 1.165) is 29.6 Å². The number of hydrogen-bond acceptors (Lipinski definition) is 5. The summed E-state index contributed by atoms with van der Waals surface area (Å²) in [5, 5.41) is 13.8. The molecule has 0 bridgehead atoms. The number of aliphatic imine (C=N–C) groups is 1. The largest absolute Gasteiger partial charge is 0.491 e. The fraction of sp³-hybridized carbons (Fsp3) is 0.409. The zero-order valence-corrected chi connectivity index (χ0v) is 18.0. The maximum absolute atomic E-state index is 5.95. The van der Waals surface area contributed by atoms with Crippen molar-refractivity contribution >= 4 is 5.96 Å². The van der Waals surface area contributed by atoms with Gasteiger partial charge in [0.05, 0.1) is 18.9 Å². The smallest absolute Gasteiger partial charge is 0.216 e. The Morgan fingerprint density at radius 1 is 1.27 bits per heavy atom. The topological polar surface area (TPSA) is 100 Å². The van der Waals surface area contributed by atoms with E-state index in [1.807, 2.05) is 32.9 Å². The predicted molar refractivity (Wildman–Crippen MR) is 118 cm³/mol. The average Bonchev–Trinajstić information content (AvgIpc) is 3.38. The van der Waals surface area contributed by atoms with Crippen LogP contribution in [0.2, 0.25) is 0 Å². The highest BCUT2D eigenvalue weighted by Gasteiger charge is 2.09. The van der Waals surface area contributed by atoms with E-state index in [1.54, 1.807) is 6.26 Å². The van der Waals surface area contributed by atoms with Crippen molar-refractivity contribution < 1.29 is 9.15 Å². The molecule has 8 heteroatoms. The molecule has 160 valence electrons. The molecule has 0 spiro atoms. The summed E-state index contributed by atoms with van der Waals surface area (Å²) in [6.45, 7) is 10.1. The molecule has 0 unspecified atom stereocenters. The molecule has 8 nitrogen and oxygen atoms in total. The first-order valence-corrected chi connectivity index (χ1v) is 10.3. The molecule has 0 aliphatic rings. The van der Waals surface area contributed by atoms with Gasteiger partial charge in [-0.15, -0.1) is 0 Å². The highest BCUT2D eigenvalue weighted by atomic mass is 16.5. The Bertz CT molecular complexity index is 946. The molecule has 0 aliphatic heterocycles. The molecule has 0 aliphatic carbocycles. The molecule has 30 heavy (non-hydrogen) atoms. The lowest BCUT2D eigenvalue weighted by molar-refractivity contribution is 0.240. The van der Waals surface area contributed by atoms with Gasteiger partial charge < -0.3 is 19.8 Å². The van der Waals surface area contributed by atoms with Gasteiger partial charge in [-0.05, 0) is 51.5 Å². The van der Waals surface area contributed by atoms with Crippen LogP contribution in [-0.4, -0.2) is 40.3 Å². The van der Waals surface area contributed by atoms with Crippen molar-refractivity contribution in [2.45, 2.75) is 46.8 Å². The minimum absolute atomic E-state index is 0.119. The van der Waals surface area contributed by atoms with Gasteiger partial charge in [0.25, 0.3) is 0 Å². The van der Waals surface area contributed by atoms with Crippen LogP contribution in [0.4, 0.5) is 0 Å². The highest BCUT2D eigenvalue weighted by Crippen LogP contribution is 2.22. The predicted octanol–water partition coefficient (Wildman–Crippen LogP) is 3.46.